The zero-order chi connectivity index (χ0) is 15.6. The van der Waals surface area contributed by atoms with Gasteiger partial charge in [0, 0.05) is 0 Å². The normalized spacial score (nSPS) is 10.4. The van der Waals surface area contributed by atoms with Gasteiger partial charge in [-0.15, -0.1) is 0 Å². The van der Waals surface area contributed by atoms with Crippen LogP contribution in [0.2, 0.25) is 0 Å². The molecule has 0 atom stereocenters. The first-order chi connectivity index (χ1) is 10.7. The molecule has 2 rings (SSSR count). The second-order valence-electron chi connectivity index (χ2n) is 4.32. The van der Waals surface area contributed by atoms with Crippen LogP contribution in [0.15, 0.2) is 59.7 Å². The summed E-state index contributed by atoms with van der Waals surface area (Å²) >= 11 is 0. The summed E-state index contributed by atoms with van der Waals surface area (Å²) in [4.78, 5) is 10.5. The Balaban J connectivity index is 1.78. The zero-order valence-corrected chi connectivity index (χ0v) is 11.9. The lowest BCUT2D eigenvalue weighted by Gasteiger charge is -2.08. The molecule has 0 saturated carbocycles. The average Bonchev–Trinajstić information content (AvgIpc) is 2.53. The average molecular weight is 299 g/mol. The van der Waals surface area contributed by atoms with Crippen molar-refractivity contribution in [2.45, 2.75) is 0 Å². The number of para-hydroxylation sites is 1. The lowest BCUT2D eigenvalue weighted by molar-refractivity contribution is 0.217. The van der Waals surface area contributed by atoms with Gasteiger partial charge in [-0.05, 0) is 29.8 Å². The maximum atomic E-state index is 10.5. The molecule has 0 aliphatic carbocycles. The van der Waals surface area contributed by atoms with Gasteiger partial charge >= 0.3 is 6.03 Å². The monoisotopic (exact) mass is 299 g/mol. The fraction of sp³-hybridized carbons (Fsp3) is 0.125. The Hall–Kier alpha value is -3.02. The molecule has 0 unspecified atom stereocenters. The molecule has 2 amide bonds. The Labute approximate surface area is 128 Å². The number of ether oxygens (including phenoxy) is 2. The summed E-state index contributed by atoms with van der Waals surface area (Å²) in [6.45, 7) is 0.876. The standard InChI is InChI=1S/C16H17N3O3/c17-16(20)19-18-12-13-5-4-8-15(11-13)22-10-9-21-14-6-2-1-3-7-14/h1-8,11-12H,9-10H2,(H3,17,19,20). The van der Waals surface area contributed by atoms with E-state index in [4.69, 9.17) is 15.2 Å². The molecular formula is C16H17N3O3. The number of rotatable bonds is 7. The molecule has 3 N–H and O–H groups in total. The molecule has 0 saturated heterocycles. The molecule has 6 heteroatoms. The van der Waals surface area contributed by atoms with Crippen LogP contribution < -0.4 is 20.6 Å². The van der Waals surface area contributed by atoms with E-state index in [-0.39, 0.29) is 0 Å². The molecule has 0 radical (unpaired) electrons. The number of hydrogen-bond donors (Lipinski definition) is 2. The summed E-state index contributed by atoms with van der Waals surface area (Å²) in [6.07, 6.45) is 1.48. The van der Waals surface area contributed by atoms with E-state index in [1.54, 1.807) is 6.07 Å². The molecule has 0 bridgehead atoms. The first kappa shape index (κ1) is 15.4. The first-order valence-corrected chi connectivity index (χ1v) is 6.73. The fourth-order valence-electron chi connectivity index (χ4n) is 1.69. The second kappa shape index (κ2) is 8.31. The molecular weight excluding hydrogens is 282 g/mol. The molecule has 22 heavy (non-hydrogen) atoms. The van der Waals surface area contributed by atoms with Crippen LogP contribution in [-0.2, 0) is 0 Å². The number of nitrogens with two attached hydrogens (primary N) is 1. The second-order valence-corrected chi connectivity index (χ2v) is 4.32. The van der Waals surface area contributed by atoms with Crippen molar-refractivity contribution in [1.29, 1.82) is 0 Å². The minimum absolute atomic E-state index is 0.426. The van der Waals surface area contributed by atoms with Gasteiger partial charge in [0.25, 0.3) is 0 Å². The van der Waals surface area contributed by atoms with E-state index in [9.17, 15) is 4.79 Å². The highest BCUT2D eigenvalue weighted by molar-refractivity contribution is 5.81. The summed E-state index contributed by atoms with van der Waals surface area (Å²) in [6, 6.07) is 16.1. The molecule has 2 aromatic carbocycles. The van der Waals surface area contributed by atoms with E-state index in [1.807, 2.05) is 48.5 Å². The predicted molar refractivity (Wildman–Crippen MR) is 84.2 cm³/mol. The van der Waals surface area contributed by atoms with E-state index in [0.29, 0.717) is 19.0 Å². The summed E-state index contributed by atoms with van der Waals surface area (Å²) in [5, 5.41) is 3.69. The van der Waals surface area contributed by atoms with Crippen LogP contribution in [0.5, 0.6) is 11.5 Å². The Morgan fingerprint density at radius 3 is 2.45 bits per heavy atom. The van der Waals surface area contributed by atoms with Crippen LogP contribution in [0.25, 0.3) is 0 Å². The Morgan fingerprint density at radius 1 is 1.05 bits per heavy atom. The number of benzene rings is 2. The van der Waals surface area contributed by atoms with Gasteiger partial charge in [0.05, 0.1) is 6.21 Å². The number of carbonyl (C=O) groups is 1. The Bertz CT molecular complexity index is 630. The topological polar surface area (TPSA) is 85.9 Å². The van der Waals surface area contributed by atoms with Gasteiger partial charge < -0.3 is 15.2 Å². The number of nitrogens with zero attached hydrogens (tertiary/aromatic N) is 1. The number of carbonyl (C=O) groups excluding carboxylic acids is 1. The van der Waals surface area contributed by atoms with Crippen LogP contribution in [-0.4, -0.2) is 25.5 Å². The minimum atomic E-state index is -0.707. The van der Waals surface area contributed by atoms with Gasteiger partial charge in [0.2, 0.25) is 0 Å². The van der Waals surface area contributed by atoms with Crippen molar-refractivity contribution >= 4 is 12.2 Å². The SMILES string of the molecule is NC(=O)NN=Cc1cccc(OCCOc2ccccc2)c1. The van der Waals surface area contributed by atoms with Gasteiger partial charge in [0.1, 0.15) is 24.7 Å². The van der Waals surface area contributed by atoms with E-state index in [1.165, 1.54) is 6.21 Å². The third-order valence-corrected chi connectivity index (χ3v) is 2.61. The van der Waals surface area contributed by atoms with Crippen LogP contribution in [0.4, 0.5) is 4.79 Å². The lowest BCUT2D eigenvalue weighted by atomic mass is 10.2. The molecule has 114 valence electrons. The van der Waals surface area contributed by atoms with Crippen molar-refractivity contribution in [3.8, 4) is 11.5 Å². The van der Waals surface area contributed by atoms with Gasteiger partial charge in [-0.25, -0.2) is 10.2 Å². The van der Waals surface area contributed by atoms with Crippen molar-refractivity contribution in [3.63, 3.8) is 0 Å². The highest BCUT2D eigenvalue weighted by Crippen LogP contribution is 2.12. The molecule has 0 fully saturated rings. The summed E-state index contributed by atoms with van der Waals surface area (Å²) in [7, 11) is 0. The van der Waals surface area contributed by atoms with Crippen LogP contribution >= 0.6 is 0 Å². The van der Waals surface area contributed by atoms with E-state index in [0.717, 1.165) is 11.3 Å². The summed E-state index contributed by atoms with van der Waals surface area (Å²) in [5.41, 5.74) is 7.83. The number of nitrogens with one attached hydrogen (secondary N) is 1. The van der Waals surface area contributed by atoms with Gasteiger partial charge in [-0.2, -0.15) is 5.10 Å². The molecule has 0 aliphatic heterocycles. The van der Waals surface area contributed by atoms with Crippen molar-refractivity contribution < 1.29 is 14.3 Å². The Kier molecular flexibility index (Phi) is 5.80. The largest absolute Gasteiger partial charge is 0.490 e. The maximum Gasteiger partial charge on any atom is 0.332 e. The third-order valence-electron chi connectivity index (χ3n) is 2.61. The van der Waals surface area contributed by atoms with Crippen molar-refractivity contribution in [3.05, 3.63) is 60.2 Å². The lowest BCUT2D eigenvalue weighted by Crippen LogP contribution is -2.24. The highest BCUT2D eigenvalue weighted by atomic mass is 16.5. The number of primary amides is 1. The Morgan fingerprint density at radius 2 is 1.73 bits per heavy atom. The smallest absolute Gasteiger partial charge is 0.332 e. The molecule has 0 heterocycles. The van der Waals surface area contributed by atoms with Crippen LogP contribution in [0.3, 0.4) is 0 Å². The van der Waals surface area contributed by atoms with Gasteiger partial charge in [0.15, 0.2) is 0 Å². The first-order valence-electron chi connectivity index (χ1n) is 6.73. The van der Waals surface area contributed by atoms with Crippen LogP contribution in [0.1, 0.15) is 5.56 Å². The summed E-state index contributed by atoms with van der Waals surface area (Å²) < 4.78 is 11.1. The van der Waals surface area contributed by atoms with Gasteiger partial charge in [-0.3, -0.25) is 0 Å². The zero-order valence-electron chi connectivity index (χ0n) is 11.9. The maximum absolute atomic E-state index is 10.5. The van der Waals surface area contributed by atoms with Gasteiger partial charge in [-0.1, -0.05) is 30.3 Å². The van der Waals surface area contributed by atoms with E-state index in [2.05, 4.69) is 10.5 Å². The van der Waals surface area contributed by atoms with Crippen molar-refractivity contribution in [2.75, 3.05) is 13.2 Å². The summed E-state index contributed by atoms with van der Waals surface area (Å²) in [5.74, 6) is 1.50. The third kappa shape index (κ3) is 5.54. The van der Waals surface area contributed by atoms with Crippen molar-refractivity contribution in [1.82, 2.24) is 5.43 Å². The fourth-order valence-corrected chi connectivity index (χ4v) is 1.69. The predicted octanol–water partition coefficient (Wildman–Crippen LogP) is 2.15. The highest BCUT2D eigenvalue weighted by Gasteiger charge is 1.97. The number of amides is 2. The number of urea groups is 1. The molecule has 2 aromatic rings. The van der Waals surface area contributed by atoms with Crippen LogP contribution in [0, 0.1) is 0 Å². The number of hydrazone groups is 1. The number of hydrogen-bond acceptors (Lipinski definition) is 4. The molecule has 0 aromatic heterocycles. The molecule has 0 aliphatic rings. The van der Waals surface area contributed by atoms with E-state index >= 15 is 0 Å². The van der Waals surface area contributed by atoms with E-state index < -0.39 is 6.03 Å². The van der Waals surface area contributed by atoms with Crippen molar-refractivity contribution in [2.24, 2.45) is 10.8 Å². The molecule has 6 nitrogen and oxygen atoms in total. The quantitative estimate of drug-likeness (QED) is 0.466. The molecule has 0 spiro atoms. The minimum Gasteiger partial charge on any atom is -0.490 e.